The van der Waals surface area contributed by atoms with E-state index in [1.54, 1.807) is 0 Å². The van der Waals surface area contributed by atoms with Crippen LogP contribution in [-0.4, -0.2) is 0 Å². The Morgan fingerprint density at radius 2 is 0.818 bits per heavy atom. The van der Waals surface area contributed by atoms with E-state index in [0.29, 0.717) is 0 Å². The number of fused-ring (bicyclic) bond motifs is 7. The van der Waals surface area contributed by atoms with Crippen molar-refractivity contribution in [3.8, 4) is 33.4 Å². The molecule has 0 N–H and O–H groups in total. The lowest BCUT2D eigenvalue weighted by atomic mass is 9.96. The van der Waals surface area contributed by atoms with E-state index in [9.17, 15) is 0 Å². The quantitative estimate of drug-likeness (QED) is 0.173. The average molecular weight is 704 g/mol. The lowest BCUT2D eigenvalue weighted by Crippen LogP contribution is -2.11. The topological polar surface area (TPSA) is 29.5 Å². The summed E-state index contributed by atoms with van der Waals surface area (Å²) in [6.45, 7) is 0. The standard InChI is InChI=1S/C52H33NO2/c1-2-15-41-35(11-1)12-10-19-42(41)37-13-9-14-40(31-37)53(39-27-23-34(24-28-39)36-25-29-51-46(32-36)44-17-4-7-21-49(44)54-51)48-20-6-3-16-43(48)38-26-30-52-47(33-38)45-18-5-8-22-50(45)55-52/h1-33H. The molecule has 258 valence electrons. The SMILES string of the molecule is c1cc(-c2cccc3ccccc23)cc(N(c2ccc(-c3ccc4oc5ccccc5c4c3)cc2)c2ccccc2-c2ccc3oc4ccccc4c3c2)c1. The molecule has 3 nitrogen and oxygen atoms in total. The Hall–Kier alpha value is -7.36. The van der Waals surface area contributed by atoms with Gasteiger partial charge in [0.05, 0.1) is 5.69 Å². The molecule has 0 amide bonds. The average Bonchev–Trinajstić information content (AvgIpc) is 3.82. The Bertz CT molecular complexity index is 3220. The Balaban J connectivity index is 1.07. The van der Waals surface area contributed by atoms with Gasteiger partial charge >= 0.3 is 0 Å². The molecule has 0 fully saturated rings. The van der Waals surface area contributed by atoms with E-state index in [1.165, 1.54) is 21.9 Å². The van der Waals surface area contributed by atoms with Crippen LogP contribution in [0.2, 0.25) is 0 Å². The van der Waals surface area contributed by atoms with Crippen molar-refractivity contribution in [1.29, 1.82) is 0 Å². The fraction of sp³-hybridized carbons (Fsp3) is 0. The molecule has 0 aliphatic rings. The highest BCUT2D eigenvalue weighted by atomic mass is 16.3. The van der Waals surface area contributed by atoms with Gasteiger partial charge in [-0.1, -0.05) is 133 Å². The summed E-state index contributed by atoms with van der Waals surface area (Å²) >= 11 is 0. The molecule has 0 radical (unpaired) electrons. The maximum atomic E-state index is 6.22. The second-order valence-electron chi connectivity index (χ2n) is 14.1. The summed E-state index contributed by atoms with van der Waals surface area (Å²) in [4.78, 5) is 2.39. The fourth-order valence-electron chi connectivity index (χ4n) is 8.23. The van der Waals surface area contributed by atoms with E-state index >= 15 is 0 Å². The van der Waals surface area contributed by atoms with Gasteiger partial charge in [0.15, 0.2) is 0 Å². The lowest BCUT2D eigenvalue weighted by Gasteiger charge is -2.28. The summed E-state index contributed by atoms with van der Waals surface area (Å²) < 4.78 is 12.4. The molecule has 0 spiro atoms. The molecule has 11 rings (SSSR count). The van der Waals surface area contributed by atoms with Crippen LogP contribution >= 0.6 is 0 Å². The number of rotatable bonds is 6. The van der Waals surface area contributed by atoms with Crippen molar-refractivity contribution in [3.05, 3.63) is 200 Å². The Morgan fingerprint density at radius 1 is 0.291 bits per heavy atom. The summed E-state index contributed by atoms with van der Waals surface area (Å²) in [5.74, 6) is 0. The van der Waals surface area contributed by atoms with Crippen molar-refractivity contribution in [1.82, 2.24) is 0 Å². The third-order valence-corrected chi connectivity index (χ3v) is 10.9. The molecule has 11 aromatic rings. The number of anilines is 3. The van der Waals surface area contributed by atoms with Crippen LogP contribution in [0.4, 0.5) is 17.1 Å². The van der Waals surface area contributed by atoms with Crippen LogP contribution < -0.4 is 4.90 Å². The number of furan rings is 2. The Kier molecular flexibility index (Phi) is 7.17. The lowest BCUT2D eigenvalue weighted by molar-refractivity contribution is 0.668. The Labute approximate surface area is 317 Å². The molecule has 0 bridgehead atoms. The molecule has 0 unspecified atom stereocenters. The monoisotopic (exact) mass is 703 g/mol. The third-order valence-electron chi connectivity index (χ3n) is 10.9. The van der Waals surface area contributed by atoms with Gasteiger partial charge in [-0.3, -0.25) is 0 Å². The molecule has 0 saturated heterocycles. The summed E-state index contributed by atoms with van der Waals surface area (Å²) in [6, 6.07) is 71.2. The van der Waals surface area contributed by atoms with Crippen molar-refractivity contribution < 1.29 is 8.83 Å². The van der Waals surface area contributed by atoms with Gasteiger partial charge in [-0.2, -0.15) is 0 Å². The predicted octanol–water partition coefficient (Wildman–Crippen LogP) is 15.1. The van der Waals surface area contributed by atoms with Gasteiger partial charge in [0.25, 0.3) is 0 Å². The van der Waals surface area contributed by atoms with Crippen LogP contribution in [0.5, 0.6) is 0 Å². The van der Waals surface area contributed by atoms with Crippen molar-refractivity contribution in [3.63, 3.8) is 0 Å². The first-order chi connectivity index (χ1) is 27.2. The van der Waals surface area contributed by atoms with Crippen LogP contribution in [0, 0.1) is 0 Å². The van der Waals surface area contributed by atoms with E-state index in [-0.39, 0.29) is 0 Å². The zero-order valence-corrected chi connectivity index (χ0v) is 29.8. The van der Waals surface area contributed by atoms with Crippen LogP contribution in [-0.2, 0) is 0 Å². The molecular weight excluding hydrogens is 671 g/mol. The normalized spacial score (nSPS) is 11.6. The minimum Gasteiger partial charge on any atom is -0.456 e. The number of nitrogens with zero attached hydrogens (tertiary/aromatic N) is 1. The van der Waals surface area contributed by atoms with Gasteiger partial charge < -0.3 is 13.7 Å². The highest BCUT2D eigenvalue weighted by molar-refractivity contribution is 6.08. The molecule has 0 atom stereocenters. The van der Waals surface area contributed by atoms with Gasteiger partial charge in [0.2, 0.25) is 0 Å². The minimum atomic E-state index is 0.888. The van der Waals surface area contributed by atoms with Crippen molar-refractivity contribution >= 4 is 71.7 Å². The number of hydrogen-bond acceptors (Lipinski definition) is 3. The largest absolute Gasteiger partial charge is 0.456 e. The molecule has 3 heteroatoms. The highest BCUT2D eigenvalue weighted by Gasteiger charge is 2.19. The van der Waals surface area contributed by atoms with E-state index < -0.39 is 0 Å². The molecular formula is C52H33NO2. The summed E-state index contributed by atoms with van der Waals surface area (Å²) in [5, 5.41) is 6.95. The summed E-state index contributed by atoms with van der Waals surface area (Å²) in [5.41, 5.74) is 13.8. The number of benzene rings is 9. The van der Waals surface area contributed by atoms with Gasteiger partial charge in [-0.25, -0.2) is 0 Å². The van der Waals surface area contributed by atoms with Gasteiger partial charge in [0.1, 0.15) is 22.3 Å². The molecule has 0 aliphatic heterocycles. The van der Waals surface area contributed by atoms with Crippen LogP contribution in [0.3, 0.4) is 0 Å². The van der Waals surface area contributed by atoms with E-state index in [4.69, 9.17) is 8.83 Å². The van der Waals surface area contributed by atoms with Gasteiger partial charge in [-0.05, 0) is 105 Å². The summed E-state index contributed by atoms with van der Waals surface area (Å²) in [7, 11) is 0. The fourth-order valence-corrected chi connectivity index (χ4v) is 8.23. The minimum absolute atomic E-state index is 0.888. The third kappa shape index (κ3) is 5.28. The number of para-hydroxylation sites is 3. The van der Waals surface area contributed by atoms with Gasteiger partial charge in [-0.15, -0.1) is 0 Å². The first kappa shape index (κ1) is 31.2. The van der Waals surface area contributed by atoms with Crippen LogP contribution in [0.1, 0.15) is 0 Å². The smallest absolute Gasteiger partial charge is 0.135 e. The van der Waals surface area contributed by atoms with Gasteiger partial charge in [0, 0.05) is 38.5 Å². The van der Waals surface area contributed by atoms with Crippen LogP contribution in [0.25, 0.3) is 88.0 Å². The predicted molar refractivity (Wildman–Crippen MR) is 229 cm³/mol. The second kappa shape index (κ2) is 12.6. The van der Waals surface area contributed by atoms with E-state index in [1.807, 2.05) is 24.3 Å². The van der Waals surface area contributed by atoms with Crippen molar-refractivity contribution in [2.45, 2.75) is 0 Å². The zero-order chi connectivity index (χ0) is 36.3. The molecule has 2 heterocycles. The van der Waals surface area contributed by atoms with Crippen LogP contribution in [0.15, 0.2) is 209 Å². The molecule has 0 aliphatic carbocycles. The number of hydrogen-bond donors (Lipinski definition) is 0. The Morgan fingerprint density at radius 3 is 1.58 bits per heavy atom. The first-order valence-electron chi connectivity index (χ1n) is 18.7. The highest BCUT2D eigenvalue weighted by Crippen LogP contribution is 2.44. The molecule has 55 heavy (non-hydrogen) atoms. The first-order valence-corrected chi connectivity index (χ1v) is 18.7. The van der Waals surface area contributed by atoms with Crippen molar-refractivity contribution in [2.75, 3.05) is 4.90 Å². The maximum absolute atomic E-state index is 6.22. The zero-order valence-electron chi connectivity index (χ0n) is 29.8. The summed E-state index contributed by atoms with van der Waals surface area (Å²) in [6.07, 6.45) is 0. The maximum Gasteiger partial charge on any atom is 0.135 e. The second-order valence-corrected chi connectivity index (χ2v) is 14.1. The van der Waals surface area contributed by atoms with E-state index in [0.717, 1.165) is 83.2 Å². The van der Waals surface area contributed by atoms with E-state index in [2.05, 4.69) is 181 Å². The molecule has 2 aromatic heterocycles. The molecule has 9 aromatic carbocycles. The van der Waals surface area contributed by atoms with Crippen molar-refractivity contribution in [2.24, 2.45) is 0 Å². The molecule has 0 saturated carbocycles.